The molecule has 7 nitrogen and oxygen atoms in total. The Kier molecular flexibility index (Phi) is 6.49. The van der Waals surface area contributed by atoms with Gasteiger partial charge in [-0.3, -0.25) is 9.69 Å². The quantitative estimate of drug-likeness (QED) is 0.700. The number of piperazine rings is 1. The molecule has 0 radical (unpaired) electrons. The molecule has 1 saturated heterocycles. The van der Waals surface area contributed by atoms with Crippen LogP contribution in [0.2, 0.25) is 0 Å². The molecule has 3 aliphatic rings. The number of hydrogen-bond donors (Lipinski definition) is 0. The van der Waals surface area contributed by atoms with Gasteiger partial charge in [-0.05, 0) is 50.3 Å². The number of aromatic nitrogens is 2. The van der Waals surface area contributed by atoms with Crippen molar-refractivity contribution >= 4 is 11.9 Å². The first-order valence-electron chi connectivity index (χ1n) is 12.4. The molecule has 2 aromatic rings. The zero-order valence-corrected chi connectivity index (χ0v) is 19.9. The first kappa shape index (κ1) is 22.1. The number of fused-ring (bicyclic) bond motifs is 1. The van der Waals surface area contributed by atoms with Crippen molar-refractivity contribution in [3.63, 3.8) is 0 Å². The Balaban J connectivity index is 1.16. The first-order chi connectivity index (χ1) is 16.1. The SMILES string of the molecule is Cc1ccc(OCC(=O)N2CCc3cnc(N4CCN(C5CCC5)CC4)nc3CC2)c(C)c1. The Morgan fingerprint density at radius 2 is 1.85 bits per heavy atom. The highest BCUT2D eigenvalue weighted by Crippen LogP contribution is 2.26. The highest BCUT2D eigenvalue weighted by molar-refractivity contribution is 5.78. The molecule has 5 rings (SSSR count). The average molecular weight is 450 g/mol. The van der Waals surface area contributed by atoms with E-state index in [1.54, 1.807) is 0 Å². The van der Waals surface area contributed by atoms with Gasteiger partial charge in [0.15, 0.2) is 6.61 Å². The second-order valence-electron chi connectivity index (χ2n) is 9.69. The topological polar surface area (TPSA) is 61.8 Å². The molecule has 1 aromatic carbocycles. The van der Waals surface area contributed by atoms with Gasteiger partial charge in [-0.25, -0.2) is 9.97 Å². The van der Waals surface area contributed by atoms with Gasteiger partial charge < -0.3 is 14.5 Å². The second kappa shape index (κ2) is 9.67. The van der Waals surface area contributed by atoms with Gasteiger partial charge in [0.1, 0.15) is 5.75 Å². The number of carbonyl (C=O) groups excluding carboxylic acids is 1. The van der Waals surface area contributed by atoms with Gasteiger partial charge in [-0.2, -0.15) is 0 Å². The molecule has 176 valence electrons. The highest BCUT2D eigenvalue weighted by atomic mass is 16.5. The van der Waals surface area contributed by atoms with Crippen LogP contribution in [0.15, 0.2) is 24.4 Å². The summed E-state index contributed by atoms with van der Waals surface area (Å²) in [6.45, 7) is 9.70. The van der Waals surface area contributed by atoms with Crippen LogP contribution < -0.4 is 9.64 Å². The number of amides is 1. The maximum absolute atomic E-state index is 12.8. The normalized spacial score (nSPS) is 19.6. The molecule has 2 fully saturated rings. The fourth-order valence-corrected chi connectivity index (χ4v) is 5.10. The summed E-state index contributed by atoms with van der Waals surface area (Å²) in [7, 11) is 0. The largest absolute Gasteiger partial charge is 0.484 e. The van der Waals surface area contributed by atoms with Gasteiger partial charge in [0.2, 0.25) is 5.95 Å². The Hall–Kier alpha value is -2.67. The smallest absolute Gasteiger partial charge is 0.260 e. The van der Waals surface area contributed by atoms with Gasteiger partial charge in [-0.15, -0.1) is 0 Å². The Labute approximate surface area is 196 Å². The third-order valence-electron chi connectivity index (χ3n) is 7.43. The number of carbonyl (C=O) groups is 1. The number of hydrogen-bond acceptors (Lipinski definition) is 6. The van der Waals surface area contributed by atoms with Crippen molar-refractivity contribution in [2.24, 2.45) is 0 Å². The van der Waals surface area contributed by atoms with Crippen LogP contribution in [0.5, 0.6) is 5.75 Å². The van der Waals surface area contributed by atoms with E-state index >= 15 is 0 Å². The maximum atomic E-state index is 12.8. The van der Waals surface area contributed by atoms with Gasteiger partial charge in [-0.1, -0.05) is 24.1 Å². The van der Waals surface area contributed by atoms with E-state index in [0.29, 0.717) is 13.1 Å². The van der Waals surface area contributed by atoms with Gasteiger partial charge in [0, 0.05) is 57.9 Å². The van der Waals surface area contributed by atoms with E-state index in [-0.39, 0.29) is 12.5 Å². The average Bonchev–Trinajstić information content (AvgIpc) is 3.00. The Bertz CT molecular complexity index is 998. The summed E-state index contributed by atoms with van der Waals surface area (Å²) < 4.78 is 5.83. The van der Waals surface area contributed by atoms with Gasteiger partial charge in [0.05, 0.1) is 5.69 Å². The van der Waals surface area contributed by atoms with E-state index in [9.17, 15) is 4.79 Å². The van der Waals surface area contributed by atoms with E-state index in [1.165, 1.54) is 24.8 Å². The first-order valence-corrected chi connectivity index (χ1v) is 12.4. The fourth-order valence-electron chi connectivity index (χ4n) is 5.10. The maximum Gasteiger partial charge on any atom is 0.260 e. The van der Waals surface area contributed by atoms with Crippen molar-refractivity contribution in [1.82, 2.24) is 19.8 Å². The molecule has 0 atom stereocenters. The molecule has 1 aliphatic carbocycles. The minimum absolute atomic E-state index is 0.0306. The molecular formula is C26H35N5O2. The summed E-state index contributed by atoms with van der Waals surface area (Å²) in [6, 6.07) is 6.84. The summed E-state index contributed by atoms with van der Waals surface area (Å²) in [4.78, 5) is 29.3. The van der Waals surface area contributed by atoms with Crippen LogP contribution in [-0.4, -0.2) is 77.6 Å². The molecule has 1 aromatic heterocycles. The number of aryl methyl sites for hydroxylation is 2. The molecular weight excluding hydrogens is 414 g/mol. The van der Waals surface area contributed by atoms with Crippen LogP contribution in [-0.2, 0) is 17.6 Å². The number of rotatable bonds is 5. The summed E-state index contributed by atoms with van der Waals surface area (Å²) in [5, 5.41) is 0. The van der Waals surface area contributed by atoms with Crippen LogP contribution >= 0.6 is 0 Å². The zero-order valence-electron chi connectivity index (χ0n) is 19.9. The van der Waals surface area contributed by atoms with Crippen LogP contribution in [0.1, 0.15) is 41.6 Å². The van der Waals surface area contributed by atoms with Gasteiger partial charge >= 0.3 is 0 Å². The Morgan fingerprint density at radius 1 is 1.06 bits per heavy atom. The molecule has 0 unspecified atom stereocenters. The summed E-state index contributed by atoms with van der Waals surface area (Å²) in [5.74, 6) is 1.66. The minimum Gasteiger partial charge on any atom is -0.484 e. The van der Waals surface area contributed by atoms with Crippen molar-refractivity contribution in [3.8, 4) is 5.75 Å². The lowest BCUT2D eigenvalue weighted by Gasteiger charge is -2.43. The van der Waals surface area contributed by atoms with E-state index in [1.807, 2.05) is 30.2 Å². The monoisotopic (exact) mass is 449 g/mol. The molecule has 1 amide bonds. The number of benzene rings is 1. The summed E-state index contributed by atoms with van der Waals surface area (Å²) in [5.41, 5.74) is 4.50. The lowest BCUT2D eigenvalue weighted by atomic mass is 9.91. The zero-order chi connectivity index (χ0) is 22.8. The van der Waals surface area contributed by atoms with Crippen LogP contribution in [0.3, 0.4) is 0 Å². The third kappa shape index (κ3) is 4.98. The predicted octanol–water partition coefficient (Wildman–Crippen LogP) is 2.77. The summed E-state index contributed by atoms with van der Waals surface area (Å²) >= 11 is 0. The summed E-state index contributed by atoms with van der Waals surface area (Å²) in [6.07, 6.45) is 7.65. The second-order valence-corrected chi connectivity index (χ2v) is 9.69. The van der Waals surface area contributed by atoms with Crippen molar-refractivity contribution in [1.29, 1.82) is 0 Å². The molecule has 3 heterocycles. The van der Waals surface area contributed by atoms with Crippen LogP contribution in [0.4, 0.5) is 5.95 Å². The van der Waals surface area contributed by atoms with E-state index in [4.69, 9.17) is 14.7 Å². The van der Waals surface area contributed by atoms with E-state index in [0.717, 1.165) is 73.6 Å². The fraction of sp³-hybridized carbons (Fsp3) is 0.577. The predicted molar refractivity (Wildman–Crippen MR) is 129 cm³/mol. The van der Waals surface area contributed by atoms with Crippen molar-refractivity contribution in [3.05, 3.63) is 46.8 Å². The number of ether oxygens (including phenoxy) is 1. The minimum atomic E-state index is 0.0306. The van der Waals surface area contributed by atoms with Crippen molar-refractivity contribution in [2.45, 2.75) is 52.0 Å². The van der Waals surface area contributed by atoms with Gasteiger partial charge in [0.25, 0.3) is 5.91 Å². The third-order valence-corrected chi connectivity index (χ3v) is 7.43. The standard InChI is InChI=1S/C26H35N5O2/c1-19-6-7-24(20(2)16-19)33-18-25(32)30-10-8-21-17-27-26(28-23(21)9-11-30)31-14-12-29(13-15-31)22-4-3-5-22/h6-7,16-17,22H,3-5,8-15,18H2,1-2H3. The number of nitrogens with zero attached hydrogens (tertiary/aromatic N) is 5. The molecule has 1 saturated carbocycles. The lowest BCUT2D eigenvalue weighted by Crippen LogP contribution is -2.52. The van der Waals surface area contributed by atoms with Crippen LogP contribution in [0.25, 0.3) is 0 Å². The molecule has 7 heteroatoms. The number of anilines is 1. The molecule has 2 aliphatic heterocycles. The molecule has 0 N–H and O–H groups in total. The molecule has 0 bridgehead atoms. The Morgan fingerprint density at radius 3 is 2.58 bits per heavy atom. The van der Waals surface area contributed by atoms with Crippen molar-refractivity contribution < 1.29 is 9.53 Å². The van der Waals surface area contributed by atoms with Crippen LogP contribution in [0, 0.1) is 13.8 Å². The van der Waals surface area contributed by atoms with Crippen molar-refractivity contribution in [2.75, 3.05) is 50.8 Å². The molecule has 0 spiro atoms. The van der Waals surface area contributed by atoms with E-state index < -0.39 is 0 Å². The lowest BCUT2D eigenvalue weighted by molar-refractivity contribution is -0.133. The highest BCUT2D eigenvalue weighted by Gasteiger charge is 2.29. The van der Waals surface area contributed by atoms with E-state index in [2.05, 4.69) is 22.8 Å². The molecule has 33 heavy (non-hydrogen) atoms.